The van der Waals surface area contributed by atoms with Crippen LogP contribution in [-0.2, 0) is 28.6 Å². The molecule has 216 valence electrons. The van der Waals surface area contributed by atoms with E-state index >= 15 is 0 Å². The van der Waals surface area contributed by atoms with Crippen LogP contribution in [0.25, 0.3) is 0 Å². The van der Waals surface area contributed by atoms with E-state index in [-0.39, 0.29) is 36.4 Å². The molecule has 1 aromatic rings. The van der Waals surface area contributed by atoms with Crippen LogP contribution in [0.15, 0.2) is 46.6 Å². The van der Waals surface area contributed by atoms with Crippen LogP contribution in [0.5, 0.6) is 0 Å². The number of allylic oxidation sites excluding steroid dienone is 4. The summed E-state index contributed by atoms with van der Waals surface area (Å²) in [6.45, 7) is 4.95. The minimum absolute atomic E-state index is 0.0373. The first-order valence-corrected chi connectivity index (χ1v) is 14.4. The van der Waals surface area contributed by atoms with Crippen molar-refractivity contribution in [3.8, 4) is 0 Å². The number of rotatable bonds is 7. The van der Waals surface area contributed by atoms with E-state index in [2.05, 4.69) is 0 Å². The summed E-state index contributed by atoms with van der Waals surface area (Å²) in [5.41, 5.74) is -2.28. The summed E-state index contributed by atoms with van der Waals surface area (Å²) in [5, 5.41) is -0.636. The van der Waals surface area contributed by atoms with Gasteiger partial charge in [0.05, 0.1) is 16.5 Å². The van der Waals surface area contributed by atoms with E-state index in [4.69, 9.17) is 41.8 Å². The molecule has 40 heavy (non-hydrogen) atoms. The molecule has 0 N–H and O–H groups in total. The van der Waals surface area contributed by atoms with Crippen molar-refractivity contribution in [3.05, 3.63) is 48.0 Å². The van der Waals surface area contributed by atoms with E-state index in [0.29, 0.717) is 19.3 Å². The van der Waals surface area contributed by atoms with Gasteiger partial charge in [0.25, 0.3) is 0 Å². The van der Waals surface area contributed by atoms with Crippen molar-refractivity contribution < 1.29 is 37.8 Å². The van der Waals surface area contributed by atoms with Gasteiger partial charge < -0.3 is 18.6 Å². The molecule has 0 aromatic carbocycles. The highest BCUT2D eigenvalue weighted by Gasteiger charge is 2.76. The summed E-state index contributed by atoms with van der Waals surface area (Å²) < 4.78 is 21.6. The van der Waals surface area contributed by atoms with Crippen LogP contribution in [0.3, 0.4) is 0 Å². The molecule has 5 rings (SSSR count). The van der Waals surface area contributed by atoms with Crippen LogP contribution in [0.4, 0.5) is 0 Å². The van der Waals surface area contributed by atoms with E-state index < -0.39 is 56.9 Å². The highest BCUT2D eigenvalue weighted by Crippen LogP contribution is 2.73. The summed E-state index contributed by atoms with van der Waals surface area (Å²) in [7, 11) is 1.35. The molecule has 3 saturated carbocycles. The number of ketones is 2. The van der Waals surface area contributed by atoms with Gasteiger partial charge in [-0.25, -0.2) is 9.59 Å². The summed E-state index contributed by atoms with van der Waals surface area (Å²) in [4.78, 5) is 50.9. The van der Waals surface area contributed by atoms with E-state index in [9.17, 15) is 19.2 Å². The number of carbonyl (C=O) groups excluding carboxylic acids is 4. The van der Waals surface area contributed by atoms with Gasteiger partial charge in [0.15, 0.2) is 18.0 Å². The third-order valence-electron chi connectivity index (χ3n) is 10.2. The van der Waals surface area contributed by atoms with Crippen molar-refractivity contribution in [2.45, 2.75) is 62.3 Å². The Morgan fingerprint density at radius 2 is 1.93 bits per heavy atom. The minimum atomic E-state index is -1.66. The van der Waals surface area contributed by atoms with Gasteiger partial charge >= 0.3 is 11.9 Å². The molecule has 0 radical (unpaired) electrons. The summed E-state index contributed by atoms with van der Waals surface area (Å²) in [6.07, 6.45) is 8.59. The second-order valence-corrected chi connectivity index (χ2v) is 13.1. The Morgan fingerprint density at radius 1 is 1.18 bits per heavy atom. The zero-order valence-corrected chi connectivity index (χ0v) is 24.5. The molecule has 0 aliphatic heterocycles. The number of halogens is 2. The maximum Gasteiger partial charge on any atom is 0.375 e. The summed E-state index contributed by atoms with van der Waals surface area (Å²) in [6, 6.07) is 3.04. The molecule has 8 nitrogen and oxygen atoms in total. The third kappa shape index (κ3) is 3.97. The predicted molar refractivity (Wildman–Crippen MR) is 146 cm³/mol. The lowest BCUT2D eigenvalue weighted by Gasteiger charge is -2.64. The molecule has 3 fully saturated rings. The zero-order chi connectivity index (χ0) is 29.1. The van der Waals surface area contributed by atoms with Crippen molar-refractivity contribution in [1.82, 2.24) is 0 Å². The Kier molecular flexibility index (Phi) is 7.37. The standard InChI is InChI=1S/C30H34Cl2O8/c1-17-12-21-20-8-7-18-13-19(33)9-10-27(18,2)29(20,32)23(31)14-28(21,3)30(17,24(34)15-39-25(35)16-37-4)40-26(36)22-6-5-11-38-22/h5-6,9-11,13,17,20-21,23H,7-8,12,14-16H2,1-4H3/t17?,20-,21-,23?,27-,28-,29-,30-/m0/s1. The monoisotopic (exact) mass is 592 g/mol. The maximum absolute atomic E-state index is 14.2. The molecule has 4 aliphatic carbocycles. The molecular weight excluding hydrogens is 559 g/mol. The van der Waals surface area contributed by atoms with Crippen molar-refractivity contribution in [2.75, 3.05) is 20.3 Å². The van der Waals surface area contributed by atoms with Gasteiger partial charge in [-0.3, -0.25) is 9.59 Å². The fourth-order valence-corrected chi connectivity index (χ4v) is 9.57. The molecule has 10 heteroatoms. The second kappa shape index (κ2) is 10.1. The number of hydrogen-bond acceptors (Lipinski definition) is 8. The number of hydrogen-bond donors (Lipinski definition) is 0. The number of fused-ring (bicyclic) bond motifs is 5. The lowest BCUT2D eigenvalue weighted by molar-refractivity contribution is -0.174. The molecule has 8 atom stereocenters. The Balaban J connectivity index is 1.58. The number of esters is 2. The largest absolute Gasteiger partial charge is 0.457 e. The first-order valence-electron chi connectivity index (χ1n) is 13.6. The van der Waals surface area contributed by atoms with Gasteiger partial charge in [0.1, 0.15) is 6.61 Å². The molecular formula is C30H34Cl2O8. The van der Waals surface area contributed by atoms with Crippen molar-refractivity contribution in [3.63, 3.8) is 0 Å². The molecule has 4 aliphatic rings. The maximum atomic E-state index is 14.2. The smallest absolute Gasteiger partial charge is 0.375 e. The van der Waals surface area contributed by atoms with Gasteiger partial charge in [0.2, 0.25) is 11.5 Å². The molecule has 2 unspecified atom stereocenters. The van der Waals surface area contributed by atoms with Crippen LogP contribution < -0.4 is 0 Å². The van der Waals surface area contributed by atoms with Crippen LogP contribution in [0.2, 0.25) is 0 Å². The average molecular weight is 594 g/mol. The van der Waals surface area contributed by atoms with E-state index in [0.717, 1.165) is 5.57 Å². The number of methoxy groups -OCH3 is 1. The number of Topliss-reactive ketones (excluding diaryl/α,β-unsaturated/α-hetero) is 1. The summed E-state index contributed by atoms with van der Waals surface area (Å²) in [5.74, 6) is -2.84. The molecule has 1 heterocycles. The second-order valence-electron chi connectivity index (χ2n) is 12.0. The topological polar surface area (TPSA) is 109 Å². The Morgan fingerprint density at radius 3 is 2.60 bits per heavy atom. The van der Waals surface area contributed by atoms with Gasteiger partial charge in [0, 0.05) is 23.9 Å². The normalized spacial score (nSPS) is 40.0. The molecule has 1 aromatic heterocycles. The Labute approximate surface area is 243 Å². The SMILES string of the molecule is COCC(=O)OCC(=O)[C@@]1(OC(=O)c2ccco2)C(C)C[C@H]2[C@@H]3CCC4=CC(=O)C=C[C@]4(C)[C@@]3(Cl)C(Cl)C[C@@]21C. The third-order valence-corrected chi connectivity index (χ3v) is 11.7. The van der Waals surface area contributed by atoms with Crippen LogP contribution in [-0.4, -0.2) is 59.7 Å². The van der Waals surface area contributed by atoms with Crippen LogP contribution in [0.1, 0.15) is 57.0 Å². The molecule has 0 bridgehead atoms. The first kappa shape index (κ1) is 29.1. The Hall–Kier alpha value is -2.42. The lowest BCUT2D eigenvalue weighted by atomic mass is 9.46. The predicted octanol–water partition coefficient (Wildman–Crippen LogP) is 5.07. The molecule has 0 saturated heterocycles. The molecule has 0 spiro atoms. The van der Waals surface area contributed by atoms with Gasteiger partial charge in [-0.15, -0.1) is 23.2 Å². The average Bonchev–Trinajstić information content (AvgIpc) is 3.51. The van der Waals surface area contributed by atoms with Gasteiger partial charge in [-0.1, -0.05) is 32.4 Å². The van der Waals surface area contributed by atoms with Crippen molar-refractivity contribution in [1.29, 1.82) is 0 Å². The van der Waals surface area contributed by atoms with Crippen molar-refractivity contribution in [2.24, 2.45) is 28.6 Å². The van der Waals surface area contributed by atoms with E-state index in [1.807, 2.05) is 26.8 Å². The number of furan rings is 1. The minimum Gasteiger partial charge on any atom is -0.457 e. The molecule has 0 amide bonds. The number of ether oxygens (including phenoxy) is 3. The highest BCUT2D eigenvalue weighted by atomic mass is 35.5. The summed E-state index contributed by atoms with van der Waals surface area (Å²) >= 11 is 14.9. The van der Waals surface area contributed by atoms with Gasteiger partial charge in [-0.05, 0) is 61.8 Å². The quantitative estimate of drug-likeness (QED) is 0.319. The first-order chi connectivity index (χ1) is 18.8. The number of carbonyl (C=O) groups is 4. The van der Waals surface area contributed by atoms with Crippen molar-refractivity contribution >= 4 is 46.7 Å². The fourth-order valence-electron chi connectivity index (χ4n) is 8.34. The van der Waals surface area contributed by atoms with Crippen LogP contribution in [0, 0.1) is 28.6 Å². The lowest BCUT2D eigenvalue weighted by Crippen LogP contribution is -2.68. The van der Waals surface area contributed by atoms with E-state index in [1.54, 1.807) is 18.2 Å². The van der Waals surface area contributed by atoms with E-state index in [1.165, 1.54) is 19.4 Å². The zero-order valence-electron chi connectivity index (χ0n) is 23.0. The van der Waals surface area contributed by atoms with Crippen LogP contribution >= 0.6 is 23.2 Å². The number of alkyl halides is 2. The highest BCUT2D eigenvalue weighted by molar-refractivity contribution is 6.34. The fraction of sp³-hybridized carbons (Fsp3) is 0.600. The Bertz CT molecular complexity index is 1290. The van der Waals surface area contributed by atoms with Gasteiger partial charge in [-0.2, -0.15) is 0 Å².